The highest BCUT2D eigenvalue weighted by Crippen LogP contribution is 2.67. The van der Waals surface area contributed by atoms with Gasteiger partial charge in [0.05, 0.1) is 5.60 Å². The molecule has 1 aromatic heterocycles. The maximum atomic E-state index is 10.7. The van der Waals surface area contributed by atoms with E-state index >= 15 is 0 Å². The number of allylic oxidation sites excluding steroid dienone is 2. The Kier molecular flexibility index (Phi) is 3.93. The minimum absolute atomic E-state index is 0.327. The van der Waals surface area contributed by atoms with Gasteiger partial charge in [-0.15, -0.1) is 0 Å². The third-order valence-corrected chi connectivity index (χ3v) is 9.51. The highest BCUT2D eigenvalue weighted by Gasteiger charge is 2.59. The zero-order valence-electron chi connectivity index (χ0n) is 17.2. The van der Waals surface area contributed by atoms with Crippen LogP contribution in [0.1, 0.15) is 77.7 Å². The van der Waals surface area contributed by atoms with Gasteiger partial charge in [0, 0.05) is 12.4 Å². The predicted octanol–water partition coefficient (Wildman–Crippen LogP) is 5.87. The Morgan fingerprint density at radius 3 is 2.67 bits per heavy atom. The Morgan fingerprint density at radius 1 is 1.04 bits per heavy atom. The molecule has 0 bridgehead atoms. The van der Waals surface area contributed by atoms with Gasteiger partial charge in [0.2, 0.25) is 0 Å². The molecule has 1 heterocycles. The van der Waals surface area contributed by atoms with Gasteiger partial charge < -0.3 is 5.11 Å². The first-order valence-electron chi connectivity index (χ1n) is 11.2. The third-order valence-electron chi connectivity index (χ3n) is 9.51. The van der Waals surface area contributed by atoms with Crippen LogP contribution in [0.2, 0.25) is 0 Å². The number of hydrogen-bond donors (Lipinski definition) is 1. The lowest BCUT2D eigenvalue weighted by Crippen LogP contribution is -2.55. The van der Waals surface area contributed by atoms with Gasteiger partial charge in [-0.2, -0.15) is 0 Å². The molecule has 5 rings (SSSR count). The molecule has 3 unspecified atom stereocenters. The van der Waals surface area contributed by atoms with Crippen molar-refractivity contribution in [3.63, 3.8) is 0 Å². The van der Waals surface area contributed by atoms with Crippen LogP contribution in [0.3, 0.4) is 0 Å². The van der Waals surface area contributed by atoms with E-state index in [1.165, 1.54) is 44.1 Å². The SMILES string of the molecule is C[C@@]1(O)CC[C@@]2(C)C(CC[C@@H]3C2CC[C@]2(C)C(c4cccnc4)=CCC32)C1. The summed E-state index contributed by atoms with van der Waals surface area (Å²) in [6.07, 6.45) is 16.4. The first-order valence-corrected chi connectivity index (χ1v) is 11.2. The molecule has 27 heavy (non-hydrogen) atoms. The number of aliphatic hydroxyl groups is 1. The number of pyridine rings is 1. The summed E-state index contributed by atoms with van der Waals surface area (Å²) in [5.74, 6) is 3.23. The first kappa shape index (κ1) is 17.9. The Bertz CT molecular complexity index is 753. The average Bonchev–Trinajstić information content (AvgIpc) is 3.00. The van der Waals surface area contributed by atoms with Gasteiger partial charge in [-0.3, -0.25) is 4.98 Å². The molecular formula is C25H35NO. The number of fused-ring (bicyclic) bond motifs is 5. The monoisotopic (exact) mass is 365 g/mol. The first-order chi connectivity index (χ1) is 12.8. The largest absolute Gasteiger partial charge is 0.390 e. The van der Waals surface area contributed by atoms with Crippen molar-refractivity contribution in [1.29, 1.82) is 0 Å². The van der Waals surface area contributed by atoms with Crippen LogP contribution in [0, 0.1) is 34.5 Å². The Labute approximate surface area is 164 Å². The second-order valence-electron chi connectivity index (χ2n) is 10.9. The maximum Gasteiger partial charge on any atom is 0.0622 e. The molecule has 0 spiro atoms. The van der Waals surface area contributed by atoms with Crippen molar-refractivity contribution in [2.24, 2.45) is 34.5 Å². The summed E-state index contributed by atoms with van der Waals surface area (Å²) < 4.78 is 0. The molecular weight excluding hydrogens is 330 g/mol. The molecule has 3 saturated carbocycles. The van der Waals surface area contributed by atoms with Gasteiger partial charge in [0.15, 0.2) is 0 Å². The van der Waals surface area contributed by atoms with Crippen LogP contribution < -0.4 is 0 Å². The van der Waals surface area contributed by atoms with E-state index in [1.807, 2.05) is 6.20 Å². The van der Waals surface area contributed by atoms with Gasteiger partial charge >= 0.3 is 0 Å². The van der Waals surface area contributed by atoms with Crippen molar-refractivity contribution in [3.05, 3.63) is 36.2 Å². The summed E-state index contributed by atoms with van der Waals surface area (Å²) in [5, 5.41) is 10.7. The normalized spacial score (nSPS) is 49.0. The average molecular weight is 366 g/mol. The van der Waals surface area contributed by atoms with E-state index in [-0.39, 0.29) is 0 Å². The fourth-order valence-electron chi connectivity index (χ4n) is 7.97. The van der Waals surface area contributed by atoms with Gasteiger partial charge in [-0.05, 0) is 110 Å². The lowest BCUT2D eigenvalue weighted by atomic mass is 9.44. The zero-order chi connectivity index (χ0) is 18.9. The Hall–Kier alpha value is -1.15. The van der Waals surface area contributed by atoms with Crippen molar-refractivity contribution in [2.75, 3.05) is 0 Å². The smallest absolute Gasteiger partial charge is 0.0622 e. The molecule has 0 radical (unpaired) electrons. The third kappa shape index (κ3) is 2.58. The van der Waals surface area contributed by atoms with E-state index in [4.69, 9.17) is 0 Å². The van der Waals surface area contributed by atoms with Crippen molar-refractivity contribution in [3.8, 4) is 0 Å². The van der Waals surface area contributed by atoms with Crippen LogP contribution in [0.4, 0.5) is 0 Å². The molecule has 4 aliphatic carbocycles. The van der Waals surface area contributed by atoms with Crippen molar-refractivity contribution in [2.45, 2.75) is 77.7 Å². The Morgan fingerprint density at radius 2 is 1.89 bits per heavy atom. The summed E-state index contributed by atoms with van der Waals surface area (Å²) >= 11 is 0. The molecule has 0 amide bonds. The highest BCUT2D eigenvalue weighted by molar-refractivity contribution is 5.72. The van der Waals surface area contributed by atoms with E-state index in [1.54, 1.807) is 5.57 Å². The number of nitrogens with zero attached hydrogens (tertiary/aromatic N) is 1. The number of aromatic nitrogens is 1. The van der Waals surface area contributed by atoms with Crippen molar-refractivity contribution in [1.82, 2.24) is 4.98 Å². The van der Waals surface area contributed by atoms with E-state index in [0.29, 0.717) is 10.8 Å². The number of rotatable bonds is 1. The lowest BCUT2D eigenvalue weighted by molar-refractivity contribution is -0.138. The van der Waals surface area contributed by atoms with E-state index < -0.39 is 5.60 Å². The standard InChI is InChI=1S/C25H35NO/c1-23(27)12-13-24(2)18(15-23)6-7-19-21-9-8-20(17-5-4-14-26-16-17)25(21,3)11-10-22(19)24/h4-5,8,14,16,18-19,21-22,27H,6-7,9-13,15H2,1-3H3/t18?,19-,21?,22?,23+,24-,25+/m0/s1. The van der Waals surface area contributed by atoms with Crippen LogP contribution in [0.5, 0.6) is 0 Å². The Balaban J connectivity index is 1.43. The highest BCUT2D eigenvalue weighted by atomic mass is 16.3. The molecule has 2 nitrogen and oxygen atoms in total. The lowest BCUT2D eigenvalue weighted by Gasteiger charge is -2.61. The minimum atomic E-state index is -0.428. The molecule has 0 aromatic carbocycles. The maximum absolute atomic E-state index is 10.7. The zero-order valence-corrected chi connectivity index (χ0v) is 17.2. The summed E-state index contributed by atoms with van der Waals surface area (Å²) in [4.78, 5) is 4.39. The van der Waals surface area contributed by atoms with Crippen LogP contribution in [-0.4, -0.2) is 15.7 Å². The van der Waals surface area contributed by atoms with E-state index in [2.05, 4.69) is 50.2 Å². The second-order valence-corrected chi connectivity index (χ2v) is 10.9. The van der Waals surface area contributed by atoms with E-state index in [0.717, 1.165) is 36.5 Å². The summed E-state index contributed by atoms with van der Waals surface area (Å²) in [6.45, 7) is 7.19. The topological polar surface area (TPSA) is 33.1 Å². The van der Waals surface area contributed by atoms with Gasteiger partial charge in [-0.1, -0.05) is 26.0 Å². The molecule has 146 valence electrons. The summed E-state index contributed by atoms with van der Waals surface area (Å²) in [7, 11) is 0. The van der Waals surface area contributed by atoms with Crippen molar-refractivity contribution >= 4 is 5.57 Å². The second kappa shape index (κ2) is 5.92. The van der Waals surface area contributed by atoms with Crippen molar-refractivity contribution < 1.29 is 5.11 Å². The molecule has 0 saturated heterocycles. The van der Waals surface area contributed by atoms with Crippen LogP contribution in [0.25, 0.3) is 5.57 Å². The predicted molar refractivity (Wildman–Crippen MR) is 110 cm³/mol. The number of hydrogen-bond acceptors (Lipinski definition) is 2. The molecule has 4 aliphatic rings. The quantitative estimate of drug-likeness (QED) is 0.675. The van der Waals surface area contributed by atoms with Crippen LogP contribution in [-0.2, 0) is 0 Å². The molecule has 2 heteroatoms. The van der Waals surface area contributed by atoms with Gasteiger partial charge in [0.1, 0.15) is 0 Å². The van der Waals surface area contributed by atoms with Gasteiger partial charge in [0.25, 0.3) is 0 Å². The molecule has 1 N–H and O–H groups in total. The fourth-order valence-corrected chi connectivity index (χ4v) is 7.97. The summed E-state index contributed by atoms with van der Waals surface area (Å²) in [5.41, 5.74) is 3.26. The molecule has 3 fully saturated rings. The van der Waals surface area contributed by atoms with Crippen LogP contribution in [0.15, 0.2) is 30.6 Å². The minimum Gasteiger partial charge on any atom is -0.390 e. The fraction of sp³-hybridized carbons (Fsp3) is 0.720. The molecule has 7 atom stereocenters. The summed E-state index contributed by atoms with van der Waals surface area (Å²) in [6, 6.07) is 4.33. The van der Waals surface area contributed by atoms with Crippen LogP contribution >= 0.6 is 0 Å². The molecule has 0 aliphatic heterocycles. The van der Waals surface area contributed by atoms with Gasteiger partial charge in [-0.25, -0.2) is 0 Å². The van der Waals surface area contributed by atoms with E-state index in [9.17, 15) is 5.11 Å². The molecule has 1 aromatic rings.